The molecule has 0 spiro atoms. The molecule has 0 bridgehead atoms. The molecule has 0 fully saturated rings. The van der Waals surface area contributed by atoms with Crippen LogP contribution in [0.4, 0.5) is 17.1 Å². The predicted octanol–water partition coefficient (Wildman–Crippen LogP) is 3.69. The van der Waals surface area contributed by atoms with Gasteiger partial charge in [-0.3, -0.25) is 20.2 Å². The summed E-state index contributed by atoms with van der Waals surface area (Å²) < 4.78 is 5.09. The number of esters is 1. The number of anilines is 1. The van der Waals surface area contributed by atoms with Crippen LogP contribution in [0.2, 0.25) is 0 Å². The molecule has 154 valence electrons. The number of nitro groups is 2. The molecule has 2 aromatic carbocycles. The largest absolute Gasteiger partial charge is 0.402 e. The number of hydrogen-bond donors (Lipinski definition) is 0. The summed E-state index contributed by atoms with van der Waals surface area (Å²) in [6.07, 6.45) is 1.52. The van der Waals surface area contributed by atoms with E-state index in [1.165, 1.54) is 6.08 Å². The van der Waals surface area contributed by atoms with Gasteiger partial charge in [0.15, 0.2) is 5.70 Å². The fourth-order valence-electron chi connectivity index (χ4n) is 2.99. The number of carbonyl (C=O) groups excluding carboxylic acids is 1. The third-order valence-electron chi connectivity index (χ3n) is 4.52. The van der Waals surface area contributed by atoms with Crippen molar-refractivity contribution in [2.45, 2.75) is 13.8 Å². The van der Waals surface area contributed by atoms with E-state index in [-0.39, 0.29) is 17.2 Å². The van der Waals surface area contributed by atoms with Crippen molar-refractivity contribution in [3.8, 4) is 0 Å². The van der Waals surface area contributed by atoms with E-state index < -0.39 is 27.2 Å². The Hall–Kier alpha value is -4.08. The molecule has 10 nitrogen and oxygen atoms in total. The van der Waals surface area contributed by atoms with Crippen molar-refractivity contribution >= 4 is 35.0 Å². The second-order valence-corrected chi connectivity index (χ2v) is 6.35. The van der Waals surface area contributed by atoms with E-state index in [0.717, 1.165) is 37.0 Å². The maximum atomic E-state index is 12.2. The van der Waals surface area contributed by atoms with Crippen LogP contribution in [0, 0.1) is 20.2 Å². The minimum atomic E-state index is -0.762. The summed E-state index contributed by atoms with van der Waals surface area (Å²) >= 11 is 0. The van der Waals surface area contributed by atoms with Gasteiger partial charge in [-0.05, 0) is 37.6 Å². The van der Waals surface area contributed by atoms with Gasteiger partial charge in [0.05, 0.1) is 21.5 Å². The molecule has 30 heavy (non-hydrogen) atoms. The van der Waals surface area contributed by atoms with Crippen LogP contribution in [0.25, 0.3) is 6.08 Å². The first-order valence-corrected chi connectivity index (χ1v) is 9.14. The van der Waals surface area contributed by atoms with Gasteiger partial charge in [-0.2, -0.15) is 0 Å². The summed E-state index contributed by atoms with van der Waals surface area (Å²) in [7, 11) is 0. The Bertz CT molecular complexity index is 1040. The highest BCUT2D eigenvalue weighted by atomic mass is 16.6. The van der Waals surface area contributed by atoms with Gasteiger partial charge in [0.25, 0.3) is 11.4 Å². The molecule has 1 heterocycles. The second kappa shape index (κ2) is 8.52. The number of nitrogens with zero attached hydrogens (tertiary/aromatic N) is 4. The van der Waals surface area contributed by atoms with E-state index in [1.807, 2.05) is 24.3 Å². The van der Waals surface area contributed by atoms with E-state index in [9.17, 15) is 25.0 Å². The molecule has 3 rings (SSSR count). The smallest absolute Gasteiger partial charge is 0.363 e. The Kier molecular flexibility index (Phi) is 5.86. The highest BCUT2D eigenvalue weighted by Crippen LogP contribution is 2.27. The van der Waals surface area contributed by atoms with Gasteiger partial charge in [-0.1, -0.05) is 12.1 Å². The molecular formula is C20H18N4O6. The number of aliphatic imine (C=N–C) groups is 1. The van der Waals surface area contributed by atoms with Crippen molar-refractivity contribution in [1.82, 2.24) is 0 Å². The molecule has 1 aliphatic heterocycles. The summed E-state index contributed by atoms with van der Waals surface area (Å²) in [4.78, 5) is 39.0. The lowest BCUT2D eigenvalue weighted by molar-refractivity contribution is -0.394. The van der Waals surface area contributed by atoms with E-state index in [0.29, 0.717) is 5.56 Å². The minimum absolute atomic E-state index is 0.00486. The number of cyclic esters (lactones) is 1. The average molecular weight is 410 g/mol. The number of nitro benzene ring substituents is 2. The third kappa shape index (κ3) is 4.32. The maximum absolute atomic E-state index is 12.2. The summed E-state index contributed by atoms with van der Waals surface area (Å²) in [6, 6.07) is 10.5. The van der Waals surface area contributed by atoms with Gasteiger partial charge < -0.3 is 9.64 Å². The molecule has 10 heteroatoms. The van der Waals surface area contributed by atoms with Gasteiger partial charge in [-0.15, -0.1) is 0 Å². The highest BCUT2D eigenvalue weighted by molar-refractivity contribution is 6.13. The molecule has 0 aromatic heterocycles. The van der Waals surface area contributed by atoms with E-state index in [2.05, 4.69) is 23.7 Å². The lowest BCUT2D eigenvalue weighted by Crippen LogP contribution is -2.21. The molecule has 0 radical (unpaired) electrons. The number of non-ortho nitro benzene ring substituents is 2. The topological polar surface area (TPSA) is 128 Å². The lowest BCUT2D eigenvalue weighted by atomic mass is 10.1. The Morgan fingerprint density at radius 1 is 1.00 bits per heavy atom. The van der Waals surface area contributed by atoms with Crippen LogP contribution in [-0.4, -0.2) is 34.8 Å². The van der Waals surface area contributed by atoms with E-state index >= 15 is 0 Å². The number of benzene rings is 2. The van der Waals surface area contributed by atoms with Crippen molar-refractivity contribution in [2.24, 2.45) is 4.99 Å². The fourth-order valence-corrected chi connectivity index (χ4v) is 2.99. The number of rotatable bonds is 7. The van der Waals surface area contributed by atoms with Gasteiger partial charge in [0.1, 0.15) is 0 Å². The maximum Gasteiger partial charge on any atom is 0.363 e. The van der Waals surface area contributed by atoms with Crippen LogP contribution in [0.3, 0.4) is 0 Å². The minimum Gasteiger partial charge on any atom is -0.402 e. The van der Waals surface area contributed by atoms with Crippen LogP contribution in [0.1, 0.15) is 25.0 Å². The summed E-state index contributed by atoms with van der Waals surface area (Å²) in [5.74, 6) is -0.968. The standard InChI is InChI=1S/C20H18N4O6/c1-3-22(4-2)15-7-5-13(6-8-15)9-18-20(25)30-19(21-18)14-10-16(23(26)27)12-17(11-14)24(28)29/h5-12H,3-4H2,1-2H3/b18-9-. The Balaban J connectivity index is 1.93. The lowest BCUT2D eigenvalue weighted by Gasteiger charge is -2.20. The van der Waals surface area contributed by atoms with Gasteiger partial charge in [0.2, 0.25) is 5.90 Å². The zero-order valence-electron chi connectivity index (χ0n) is 16.3. The molecule has 0 atom stereocenters. The zero-order chi connectivity index (χ0) is 21.8. The van der Waals surface area contributed by atoms with Gasteiger partial charge in [0, 0.05) is 30.9 Å². The Morgan fingerprint density at radius 2 is 1.57 bits per heavy atom. The van der Waals surface area contributed by atoms with Gasteiger partial charge >= 0.3 is 5.97 Å². The van der Waals surface area contributed by atoms with Gasteiger partial charge in [-0.25, -0.2) is 9.79 Å². The van der Waals surface area contributed by atoms with E-state index in [1.54, 1.807) is 0 Å². The molecule has 0 aliphatic carbocycles. The Labute approximate surface area is 171 Å². The molecular weight excluding hydrogens is 392 g/mol. The summed E-state index contributed by atoms with van der Waals surface area (Å²) in [5.41, 5.74) is 0.737. The number of hydrogen-bond acceptors (Lipinski definition) is 8. The average Bonchev–Trinajstić information content (AvgIpc) is 3.10. The quantitative estimate of drug-likeness (QED) is 0.295. The normalized spacial score (nSPS) is 14.4. The highest BCUT2D eigenvalue weighted by Gasteiger charge is 2.27. The fraction of sp³-hybridized carbons (Fsp3) is 0.200. The van der Waals surface area contributed by atoms with Crippen molar-refractivity contribution in [3.63, 3.8) is 0 Å². The molecule has 0 saturated heterocycles. The number of carbonyl (C=O) groups is 1. The van der Waals surface area contributed by atoms with Crippen molar-refractivity contribution in [2.75, 3.05) is 18.0 Å². The molecule has 0 N–H and O–H groups in total. The first kappa shape index (κ1) is 20.6. The molecule has 0 amide bonds. The third-order valence-corrected chi connectivity index (χ3v) is 4.52. The SMILES string of the molecule is CCN(CC)c1ccc(/C=C2\N=C(c3cc([N+](=O)[O-])cc([N+](=O)[O-])c3)OC2=O)cc1. The summed E-state index contributed by atoms with van der Waals surface area (Å²) in [5, 5.41) is 22.1. The zero-order valence-corrected chi connectivity index (χ0v) is 16.3. The van der Waals surface area contributed by atoms with Crippen molar-refractivity contribution in [1.29, 1.82) is 0 Å². The van der Waals surface area contributed by atoms with Crippen LogP contribution in [0.15, 0.2) is 53.2 Å². The predicted molar refractivity (Wildman–Crippen MR) is 110 cm³/mol. The first-order chi connectivity index (χ1) is 14.3. The first-order valence-electron chi connectivity index (χ1n) is 9.14. The van der Waals surface area contributed by atoms with Crippen LogP contribution in [0.5, 0.6) is 0 Å². The van der Waals surface area contributed by atoms with Crippen LogP contribution in [-0.2, 0) is 9.53 Å². The monoisotopic (exact) mass is 410 g/mol. The molecule has 0 saturated carbocycles. The second-order valence-electron chi connectivity index (χ2n) is 6.35. The van der Waals surface area contributed by atoms with Crippen molar-refractivity contribution < 1.29 is 19.4 Å². The molecule has 2 aromatic rings. The number of ether oxygens (including phenoxy) is 1. The molecule has 1 aliphatic rings. The van der Waals surface area contributed by atoms with Crippen LogP contribution < -0.4 is 4.90 Å². The Morgan fingerprint density at radius 3 is 2.07 bits per heavy atom. The van der Waals surface area contributed by atoms with E-state index in [4.69, 9.17) is 4.74 Å². The molecule has 0 unspecified atom stereocenters. The summed E-state index contributed by atoms with van der Waals surface area (Å²) in [6.45, 7) is 5.85. The van der Waals surface area contributed by atoms with Crippen LogP contribution >= 0.6 is 0 Å². The van der Waals surface area contributed by atoms with Crippen molar-refractivity contribution in [3.05, 3.63) is 79.5 Å².